The molecule has 0 unspecified atom stereocenters. The van der Waals surface area contributed by atoms with Crippen LogP contribution in [0.3, 0.4) is 0 Å². The van der Waals surface area contributed by atoms with Crippen molar-refractivity contribution in [3.8, 4) is 0 Å². The van der Waals surface area contributed by atoms with Crippen molar-refractivity contribution in [2.24, 2.45) is 0 Å². The molecule has 1 heterocycles. The summed E-state index contributed by atoms with van der Waals surface area (Å²) in [7, 11) is 0. The topological polar surface area (TPSA) is 37.8 Å². The SMILES string of the molecule is ClCCNc1ncnc2c1CCCC2. The summed E-state index contributed by atoms with van der Waals surface area (Å²) in [6, 6.07) is 0. The Bertz CT molecular complexity index is 314. The van der Waals surface area contributed by atoms with Crippen LogP contribution >= 0.6 is 11.6 Å². The maximum atomic E-state index is 5.63. The second-order valence-electron chi connectivity index (χ2n) is 3.47. The Kier molecular flexibility index (Phi) is 3.19. The summed E-state index contributed by atoms with van der Waals surface area (Å²) in [6.45, 7) is 0.769. The summed E-state index contributed by atoms with van der Waals surface area (Å²) < 4.78 is 0. The van der Waals surface area contributed by atoms with Gasteiger partial charge in [-0.3, -0.25) is 0 Å². The summed E-state index contributed by atoms with van der Waals surface area (Å²) in [4.78, 5) is 8.55. The molecule has 76 valence electrons. The molecule has 0 spiro atoms. The Hall–Kier alpha value is -0.830. The molecule has 3 nitrogen and oxygen atoms in total. The van der Waals surface area contributed by atoms with Gasteiger partial charge in [0.25, 0.3) is 0 Å². The van der Waals surface area contributed by atoms with E-state index in [1.165, 1.54) is 24.1 Å². The first-order valence-corrected chi connectivity index (χ1v) is 5.58. The Morgan fingerprint density at radius 3 is 3.00 bits per heavy atom. The van der Waals surface area contributed by atoms with Crippen LogP contribution in [-0.4, -0.2) is 22.4 Å². The van der Waals surface area contributed by atoms with Crippen LogP contribution in [0.1, 0.15) is 24.1 Å². The van der Waals surface area contributed by atoms with E-state index in [2.05, 4.69) is 15.3 Å². The van der Waals surface area contributed by atoms with Crippen LogP contribution < -0.4 is 5.32 Å². The van der Waals surface area contributed by atoms with Gasteiger partial charge in [-0.25, -0.2) is 9.97 Å². The number of anilines is 1. The molecular formula is C10H14ClN3. The lowest BCUT2D eigenvalue weighted by molar-refractivity contribution is 0.663. The fourth-order valence-electron chi connectivity index (χ4n) is 1.84. The number of aryl methyl sites for hydroxylation is 1. The van der Waals surface area contributed by atoms with Gasteiger partial charge in [-0.05, 0) is 25.7 Å². The lowest BCUT2D eigenvalue weighted by Crippen LogP contribution is -2.13. The van der Waals surface area contributed by atoms with Crippen LogP contribution in [0.4, 0.5) is 5.82 Å². The molecule has 0 saturated carbocycles. The highest BCUT2D eigenvalue weighted by molar-refractivity contribution is 6.18. The number of fused-ring (bicyclic) bond motifs is 1. The second-order valence-corrected chi connectivity index (χ2v) is 3.85. The van der Waals surface area contributed by atoms with Crippen molar-refractivity contribution in [2.45, 2.75) is 25.7 Å². The number of hydrogen-bond acceptors (Lipinski definition) is 3. The van der Waals surface area contributed by atoms with E-state index >= 15 is 0 Å². The molecule has 4 heteroatoms. The third-order valence-corrected chi connectivity index (χ3v) is 2.70. The molecule has 0 saturated heterocycles. The zero-order valence-electron chi connectivity index (χ0n) is 8.09. The highest BCUT2D eigenvalue weighted by atomic mass is 35.5. The van der Waals surface area contributed by atoms with Crippen molar-refractivity contribution in [3.05, 3.63) is 17.6 Å². The Balaban J connectivity index is 2.21. The van der Waals surface area contributed by atoms with E-state index in [1.54, 1.807) is 6.33 Å². The van der Waals surface area contributed by atoms with Gasteiger partial charge < -0.3 is 5.32 Å². The third-order valence-electron chi connectivity index (χ3n) is 2.51. The summed E-state index contributed by atoms with van der Waals surface area (Å²) in [5.74, 6) is 1.59. The molecule has 2 rings (SSSR count). The molecule has 0 amide bonds. The summed E-state index contributed by atoms with van der Waals surface area (Å²) >= 11 is 5.63. The lowest BCUT2D eigenvalue weighted by Gasteiger charge is -2.17. The standard InChI is InChI=1S/C10H14ClN3/c11-5-6-12-10-8-3-1-2-4-9(8)13-7-14-10/h7H,1-6H2,(H,12,13,14). The average molecular weight is 212 g/mol. The normalized spacial score (nSPS) is 14.9. The highest BCUT2D eigenvalue weighted by Crippen LogP contribution is 2.23. The molecule has 0 aromatic carbocycles. The van der Waals surface area contributed by atoms with Crippen LogP contribution in [-0.2, 0) is 12.8 Å². The van der Waals surface area contributed by atoms with Gasteiger partial charge in [-0.15, -0.1) is 11.6 Å². The van der Waals surface area contributed by atoms with Crippen molar-refractivity contribution in [1.29, 1.82) is 0 Å². The largest absolute Gasteiger partial charge is 0.369 e. The van der Waals surface area contributed by atoms with Gasteiger partial charge in [0, 0.05) is 23.7 Å². The van der Waals surface area contributed by atoms with E-state index < -0.39 is 0 Å². The van der Waals surface area contributed by atoms with Gasteiger partial charge in [0.1, 0.15) is 12.1 Å². The molecule has 0 aliphatic heterocycles. The number of hydrogen-bond donors (Lipinski definition) is 1. The van der Waals surface area contributed by atoms with Crippen LogP contribution in [0.25, 0.3) is 0 Å². The molecular weight excluding hydrogens is 198 g/mol. The first-order valence-electron chi connectivity index (χ1n) is 5.04. The number of nitrogens with one attached hydrogen (secondary N) is 1. The molecule has 0 fully saturated rings. The Morgan fingerprint density at radius 2 is 2.14 bits per heavy atom. The predicted molar refractivity (Wildman–Crippen MR) is 57.9 cm³/mol. The van der Waals surface area contributed by atoms with E-state index in [1.807, 2.05) is 0 Å². The van der Waals surface area contributed by atoms with Gasteiger partial charge in [0.15, 0.2) is 0 Å². The van der Waals surface area contributed by atoms with Crippen LogP contribution in [0.2, 0.25) is 0 Å². The maximum Gasteiger partial charge on any atom is 0.132 e. The number of halogens is 1. The first kappa shape index (κ1) is 9.71. The molecule has 1 aromatic rings. The molecule has 0 atom stereocenters. The zero-order chi connectivity index (χ0) is 9.80. The quantitative estimate of drug-likeness (QED) is 0.778. The van der Waals surface area contributed by atoms with Crippen molar-refractivity contribution in [2.75, 3.05) is 17.7 Å². The molecule has 1 aliphatic rings. The number of rotatable bonds is 3. The van der Waals surface area contributed by atoms with E-state index in [-0.39, 0.29) is 0 Å². The summed E-state index contributed by atoms with van der Waals surface area (Å²) in [6.07, 6.45) is 6.32. The van der Waals surface area contributed by atoms with Gasteiger partial charge in [-0.1, -0.05) is 0 Å². The Labute approximate surface area is 88.9 Å². The van der Waals surface area contributed by atoms with E-state index in [9.17, 15) is 0 Å². The van der Waals surface area contributed by atoms with Crippen molar-refractivity contribution in [1.82, 2.24) is 9.97 Å². The van der Waals surface area contributed by atoms with E-state index in [0.717, 1.165) is 25.2 Å². The number of alkyl halides is 1. The van der Waals surface area contributed by atoms with Gasteiger partial charge in [0.2, 0.25) is 0 Å². The smallest absolute Gasteiger partial charge is 0.132 e. The van der Waals surface area contributed by atoms with Crippen LogP contribution in [0.15, 0.2) is 6.33 Å². The molecule has 0 bridgehead atoms. The lowest BCUT2D eigenvalue weighted by atomic mass is 9.96. The van der Waals surface area contributed by atoms with Crippen LogP contribution in [0, 0.1) is 0 Å². The second kappa shape index (κ2) is 4.60. The van der Waals surface area contributed by atoms with E-state index in [4.69, 9.17) is 11.6 Å². The van der Waals surface area contributed by atoms with Gasteiger partial charge in [0.05, 0.1) is 0 Å². The van der Waals surface area contributed by atoms with Gasteiger partial charge >= 0.3 is 0 Å². The monoisotopic (exact) mass is 211 g/mol. The number of aromatic nitrogens is 2. The summed E-state index contributed by atoms with van der Waals surface area (Å²) in [5, 5.41) is 3.24. The minimum atomic E-state index is 0.610. The molecule has 0 radical (unpaired) electrons. The minimum Gasteiger partial charge on any atom is -0.369 e. The predicted octanol–water partition coefficient (Wildman–Crippen LogP) is 2.01. The minimum absolute atomic E-state index is 0.610. The van der Waals surface area contributed by atoms with Crippen molar-refractivity contribution < 1.29 is 0 Å². The zero-order valence-corrected chi connectivity index (χ0v) is 8.85. The third kappa shape index (κ3) is 1.98. The fourth-order valence-corrected chi connectivity index (χ4v) is 1.93. The van der Waals surface area contributed by atoms with Crippen LogP contribution in [0.5, 0.6) is 0 Å². The summed E-state index contributed by atoms with van der Waals surface area (Å²) in [5.41, 5.74) is 2.51. The average Bonchev–Trinajstić information content (AvgIpc) is 2.26. The molecule has 1 N–H and O–H groups in total. The molecule has 1 aromatic heterocycles. The Morgan fingerprint density at radius 1 is 1.29 bits per heavy atom. The molecule has 1 aliphatic carbocycles. The fraction of sp³-hybridized carbons (Fsp3) is 0.600. The first-order chi connectivity index (χ1) is 6.92. The van der Waals surface area contributed by atoms with E-state index in [0.29, 0.717) is 5.88 Å². The van der Waals surface area contributed by atoms with Crippen molar-refractivity contribution in [3.63, 3.8) is 0 Å². The highest BCUT2D eigenvalue weighted by Gasteiger charge is 2.14. The number of nitrogens with zero attached hydrogens (tertiary/aromatic N) is 2. The van der Waals surface area contributed by atoms with Crippen molar-refractivity contribution >= 4 is 17.4 Å². The maximum absolute atomic E-state index is 5.63. The molecule has 14 heavy (non-hydrogen) atoms. The van der Waals surface area contributed by atoms with Gasteiger partial charge in [-0.2, -0.15) is 0 Å².